The number of nitrogens with zero attached hydrogens (tertiary/aromatic N) is 4. The van der Waals surface area contributed by atoms with Gasteiger partial charge in [0.05, 0.1) is 18.0 Å². The molecule has 1 aromatic rings. The maximum Gasteiger partial charge on any atom is 0.330 e. The SMILES string of the molecule is CC1CN(c2ccc(Cl)nn2)CCN1OC(=O)C(C)(C)C. The first-order valence-electron chi connectivity index (χ1n) is 7.00. The largest absolute Gasteiger partial charge is 0.367 e. The highest BCUT2D eigenvalue weighted by atomic mass is 35.5. The molecule has 6 nitrogen and oxygen atoms in total. The summed E-state index contributed by atoms with van der Waals surface area (Å²) in [4.78, 5) is 19.5. The average molecular weight is 313 g/mol. The summed E-state index contributed by atoms with van der Waals surface area (Å²) in [6, 6.07) is 3.65. The maximum absolute atomic E-state index is 12.0. The molecule has 7 heteroatoms. The third kappa shape index (κ3) is 4.04. The van der Waals surface area contributed by atoms with Crippen molar-refractivity contribution in [1.29, 1.82) is 0 Å². The molecule has 1 saturated heterocycles. The van der Waals surface area contributed by atoms with Crippen molar-refractivity contribution in [2.75, 3.05) is 24.5 Å². The second-order valence-electron chi connectivity index (χ2n) is 6.28. The number of anilines is 1. The van der Waals surface area contributed by atoms with Crippen molar-refractivity contribution in [3.8, 4) is 0 Å². The number of hydrogen-bond acceptors (Lipinski definition) is 6. The van der Waals surface area contributed by atoms with Crippen LogP contribution in [0.4, 0.5) is 5.82 Å². The summed E-state index contributed by atoms with van der Waals surface area (Å²) in [5.74, 6) is 0.571. The summed E-state index contributed by atoms with van der Waals surface area (Å²) in [6.45, 7) is 9.63. The number of carbonyl (C=O) groups is 1. The zero-order chi connectivity index (χ0) is 15.6. The summed E-state index contributed by atoms with van der Waals surface area (Å²) < 4.78 is 0. The summed E-state index contributed by atoms with van der Waals surface area (Å²) in [6.07, 6.45) is 0. The van der Waals surface area contributed by atoms with Gasteiger partial charge in [-0.15, -0.1) is 15.3 Å². The van der Waals surface area contributed by atoms with E-state index < -0.39 is 5.41 Å². The molecule has 21 heavy (non-hydrogen) atoms. The van der Waals surface area contributed by atoms with Gasteiger partial charge in [0.25, 0.3) is 0 Å². The predicted molar refractivity (Wildman–Crippen MR) is 81.0 cm³/mol. The maximum atomic E-state index is 12.0. The van der Waals surface area contributed by atoms with Crippen molar-refractivity contribution in [3.63, 3.8) is 0 Å². The van der Waals surface area contributed by atoms with Crippen LogP contribution in [0.5, 0.6) is 0 Å². The van der Waals surface area contributed by atoms with Crippen molar-refractivity contribution in [2.45, 2.75) is 33.7 Å². The standard InChI is InChI=1S/C14H21ClN4O2/c1-10-9-18(12-6-5-11(15)16-17-12)7-8-19(10)21-13(20)14(2,3)4/h5-6,10H,7-9H2,1-4H3. The topological polar surface area (TPSA) is 58.6 Å². The lowest BCUT2D eigenvalue weighted by molar-refractivity contribution is -0.211. The molecule has 0 N–H and O–H groups in total. The van der Waals surface area contributed by atoms with Gasteiger partial charge in [-0.25, -0.2) is 4.79 Å². The van der Waals surface area contributed by atoms with Crippen molar-refractivity contribution < 1.29 is 9.63 Å². The third-order valence-electron chi connectivity index (χ3n) is 3.32. The first-order chi connectivity index (χ1) is 9.77. The van der Waals surface area contributed by atoms with Crippen molar-refractivity contribution in [2.24, 2.45) is 5.41 Å². The number of carbonyl (C=O) groups excluding carboxylic acids is 1. The molecule has 0 bridgehead atoms. The molecule has 2 rings (SSSR count). The third-order valence-corrected chi connectivity index (χ3v) is 3.52. The Hall–Kier alpha value is -1.40. The number of rotatable bonds is 2. The molecular formula is C14H21ClN4O2. The van der Waals surface area contributed by atoms with E-state index in [1.165, 1.54) is 0 Å². The van der Waals surface area contributed by atoms with Crippen LogP contribution in [-0.2, 0) is 9.63 Å². The summed E-state index contributed by atoms with van der Waals surface area (Å²) in [5.41, 5.74) is -0.501. The molecule has 2 heterocycles. The van der Waals surface area contributed by atoms with E-state index >= 15 is 0 Å². The fourth-order valence-electron chi connectivity index (χ4n) is 2.01. The Balaban J connectivity index is 1.96. The molecule has 0 amide bonds. The Morgan fingerprint density at radius 2 is 2.05 bits per heavy atom. The van der Waals surface area contributed by atoms with Gasteiger partial charge in [-0.1, -0.05) is 11.6 Å². The van der Waals surface area contributed by atoms with Gasteiger partial charge in [-0.3, -0.25) is 0 Å². The zero-order valence-electron chi connectivity index (χ0n) is 12.8. The van der Waals surface area contributed by atoms with Crippen molar-refractivity contribution in [3.05, 3.63) is 17.3 Å². The second-order valence-corrected chi connectivity index (χ2v) is 6.67. The minimum absolute atomic E-state index is 0.0857. The fraction of sp³-hybridized carbons (Fsp3) is 0.643. The van der Waals surface area contributed by atoms with Crippen LogP contribution < -0.4 is 4.90 Å². The molecule has 0 spiro atoms. The van der Waals surface area contributed by atoms with E-state index in [1.54, 1.807) is 11.1 Å². The van der Waals surface area contributed by atoms with Gasteiger partial charge in [0.15, 0.2) is 11.0 Å². The molecular weight excluding hydrogens is 292 g/mol. The second kappa shape index (κ2) is 6.15. The summed E-state index contributed by atoms with van der Waals surface area (Å²) in [5, 5.41) is 10.1. The lowest BCUT2D eigenvalue weighted by atomic mass is 9.98. The van der Waals surface area contributed by atoms with Crippen LogP contribution in [0.25, 0.3) is 0 Å². The molecule has 116 valence electrons. The number of hydroxylamine groups is 2. The van der Waals surface area contributed by atoms with E-state index in [-0.39, 0.29) is 12.0 Å². The molecule has 1 fully saturated rings. The number of piperazine rings is 1. The predicted octanol–water partition coefficient (Wildman–Crippen LogP) is 2.14. The van der Waals surface area contributed by atoms with Crippen LogP contribution in [0, 0.1) is 5.41 Å². The van der Waals surface area contributed by atoms with Crippen LogP contribution >= 0.6 is 11.6 Å². The van der Waals surface area contributed by atoms with Gasteiger partial charge in [0.1, 0.15) is 0 Å². The molecule has 1 aromatic heterocycles. The smallest absolute Gasteiger partial charge is 0.330 e. The fourth-order valence-corrected chi connectivity index (χ4v) is 2.11. The Kier molecular flexibility index (Phi) is 4.68. The van der Waals surface area contributed by atoms with Crippen LogP contribution in [0.3, 0.4) is 0 Å². The van der Waals surface area contributed by atoms with Crippen molar-refractivity contribution in [1.82, 2.24) is 15.3 Å². The van der Waals surface area contributed by atoms with E-state index in [0.717, 1.165) is 12.4 Å². The number of hydrogen-bond donors (Lipinski definition) is 0. The van der Waals surface area contributed by atoms with E-state index in [9.17, 15) is 4.79 Å². The van der Waals surface area contributed by atoms with E-state index in [4.69, 9.17) is 16.4 Å². The monoisotopic (exact) mass is 312 g/mol. The van der Waals surface area contributed by atoms with Gasteiger partial charge >= 0.3 is 5.97 Å². The zero-order valence-corrected chi connectivity index (χ0v) is 13.6. The van der Waals surface area contributed by atoms with Gasteiger partial charge in [0, 0.05) is 13.1 Å². The van der Waals surface area contributed by atoms with Crippen LogP contribution in [-0.4, -0.2) is 46.9 Å². The highest BCUT2D eigenvalue weighted by Crippen LogP contribution is 2.21. The lowest BCUT2D eigenvalue weighted by Gasteiger charge is -2.39. The molecule has 1 atom stereocenters. The van der Waals surface area contributed by atoms with E-state index in [1.807, 2.05) is 33.8 Å². The van der Waals surface area contributed by atoms with Gasteiger partial charge in [0.2, 0.25) is 0 Å². The minimum atomic E-state index is -0.501. The first-order valence-corrected chi connectivity index (χ1v) is 7.38. The Morgan fingerprint density at radius 1 is 1.33 bits per heavy atom. The van der Waals surface area contributed by atoms with E-state index in [0.29, 0.717) is 18.2 Å². The lowest BCUT2D eigenvalue weighted by Crippen LogP contribution is -2.53. The first kappa shape index (κ1) is 16.0. The summed E-state index contributed by atoms with van der Waals surface area (Å²) >= 11 is 5.74. The van der Waals surface area contributed by atoms with Gasteiger partial charge in [-0.05, 0) is 39.8 Å². The van der Waals surface area contributed by atoms with Crippen LogP contribution in [0.1, 0.15) is 27.7 Å². The molecule has 0 aliphatic carbocycles. The molecule has 1 aliphatic heterocycles. The molecule has 1 aliphatic rings. The highest BCUT2D eigenvalue weighted by Gasteiger charge is 2.31. The quantitative estimate of drug-likeness (QED) is 0.834. The van der Waals surface area contributed by atoms with Crippen LogP contribution in [0.2, 0.25) is 5.15 Å². The molecule has 0 radical (unpaired) electrons. The summed E-state index contributed by atoms with van der Waals surface area (Å²) in [7, 11) is 0. The molecule has 1 unspecified atom stereocenters. The Morgan fingerprint density at radius 3 is 2.57 bits per heavy atom. The Labute approximate surface area is 130 Å². The van der Waals surface area contributed by atoms with Crippen molar-refractivity contribution >= 4 is 23.4 Å². The van der Waals surface area contributed by atoms with Gasteiger partial charge in [-0.2, -0.15) is 0 Å². The number of aromatic nitrogens is 2. The van der Waals surface area contributed by atoms with Crippen LogP contribution in [0.15, 0.2) is 12.1 Å². The minimum Gasteiger partial charge on any atom is -0.367 e. The number of halogens is 1. The van der Waals surface area contributed by atoms with Gasteiger partial charge < -0.3 is 9.74 Å². The molecule has 0 saturated carbocycles. The van der Waals surface area contributed by atoms with E-state index in [2.05, 4.69) is 15.1 Å². The molecule has 0 aromatic carbocycles. The Bertz CT molecular complexity index is 501. The highest BCUT2D eigenvalue weighted by molar-refractivity contribution is 6.29. The normalized spacial score (nSPS) is 20.4. The average Bonchev–Trinajstić information content (AvgIpc) is 2.41.